The van der Waals surface area contributed by atoms with Gasteiger partial charge in [0, 0.05) is 24.5 Å². The molecule has 2 heterocycles. The van der Waals surface area contributed by atoms with Crippen molar-refractivity contribution in [2.24, 2.45) is 7.05 Å². The molecule has 0 bridgehead atoms. The van der Waals surface area contributed by atoms with Gasteiger partial charge >= 0.3 is 0 Å². The van der Waals surface area contributed by atoms with Crippen LogP contribution in [0, 0.1) is 12.9 Å². The first-order valence-electron chi connectivity index (χ1n) is 4.47. The molecule has 0 spiro atoms. The highest BCUT2D eigenvalue weighted by atomic mass is 19.1. The summed E-state index contributed by atoms with van der Waals surface area (Å²) in [5.41, 5.74) is 1.76. The van der Waals surface area contributed by atoms with Crippen LogP contribution in [-0.2, 0) is 7.05 Å². The van der Waals surface area contributed by atoms with Crippen LogP contribution in [-0.4, -0.2) is 14.8 Å². The van der Waals surface area contributed by atoms with E-state index in [1.165, 1.54) is 16.9 Å². The predicted octanol–water partition coefficient (Wildman–Crippen LogP) is 1.22. The van der Waals surface area contributed by atoms with Gasteiger partial charge < -0.3 is 0 Å². The van der Waals surface area contributed by atoms with E-state index in [0.29, 0.717) is 11.1 Å². The monoisotopic (exact) mass is 207 g/mol. The molecule has 0 fully saturated rings. The molecule has 0 aliphatic heterocycles. The Kier molecular flexibility index (Phi) is 2.15. The molecule has 0 unspecified atom stereocenters. The average Bonchev–Trinajstić information content (AvgIpc) is 2.44. The van der Waals surface area contributed by atoms with Gasteiger partial charge in [0.05, 0.1) is 5.56 Å². The van der Waals surface area contributed by atoms with Crippen molar-refractivity contribution >= 4 is 0 Å². The summed E-state index contributed by atoms with van der Waals surface area (Å²) in [5, 5.41) is 2.87. The number of nitrogens with one attached hydrogen (secondary N) is 1. The molecule has 2 aromatic rings. The van der Waals surface area contributed by atoms with Crippen LogP contribution in [0.4, 0.5) is 4.39 Å². The summed E-state index contributed by atoms with van der Waals surface area (Å²) in [6, 6.07) is 2.78. The molecular formula is C10H10FN3O. The number of pyridine rings is 1. The highest BCUT2D eigenvalue weighted by molar-refractivity contribution is 5.63. The zero-order valence-electron chi connectivity index (χ0n) is 8.41. The lowest BCUT2D eigenvalue weighted by Crippen LogP contribution is -2.13. The molecule has 78 valence electrons. The van der Waals surface area contributed by atoms with Gasteiger partial charge in [0.15, 0.2) is 0 Å². The van der Waals surface area contributed by atoms with Crippen molar-refractivity contribution in [1.29, 1.82) is 0 Å². The van der Waals surface area contributed by atoms with Crippen LogP contribution >= 0.6 is 0 Å². The Morgan fingerprint density at radius 1 is 1.47 bits per heavy atom. The minimum Gasteiger partial charge on any atom is -0.300 e. The van der Waals surface area contributed by atoms with Gasteiger partial charge in [-0.3, -0.25) is 14.6 Å². The van der Waals surface area contributed by atoms with E-state index in [1.807, 2.05) is 0 Å². The van der Waals surface area contributed by atoms with E-state index < -0.39 is 5.95 Å². The van der Waals surface area contributed by atoms with Crippen molar-refractivity contribution in [1.82, 2.24) is 14.8 Å². The Hall–Kier alpha value is -1.91. The van der Waals surface area contributed by atoms with Gasteiger partial charge in [0.25, 0.3) is 5.56 Å². The Morgan fingerprint density at radius 3 is 2.67 bits per heavy atom. The molecule has 4 nitrogen and oxygen atoms in total. The molecule has 0 atom stereocenters. The van der Waals surface area contributed by atoms with Crippen LogP contribution in [0.3, 0.4) is 0 Å². The Balaban J connectivity index is 2.64. The van der Waals surface area contributed by atoms with Gasteiger partial charge in [-0.2, -0.15) is 4.39 Å². The van der Waals surface area contributed by atoms with E-state index >= 15 is 0 Å². The molecule has 0 radical (unpaired) electrons. The van der Waals surface area contributed by atoms with E-state index in [1.54, 1.807) is 20.0 Å². The maximum Gasteiger partial charge on any atom is 0.274 e. The highest BCUT2D eigenvalue weighted by Crippen LogP contribution is 2.16. The summed E-state index contributed by atoms with van der Waals surface area (Å²) < 4.78 is 14.0. The maximum absolute atomic E-state index is 12.6. The normalized spacial score (nSPS) is 10.6. The summed E-state index contributed by atoms with van der Waals surface area (Å²) in [7, 11) is 1.63. The topological polar surface area (TPSA) is 50.7 Å². The second-order valence-corrected chi connectivity index (χ2v) is 3.35. The number of aromatic amines is 1. The molecule has 0 aliphatic carbocycles. The lowest BCUT2D eigenvalue weighted by molar-refractivity contribution is 0.584. The molecular weight excluding hydrogens is 197 g/mol. The Labute approximate surface area is 85.4 Å². The number of rotatable bonds is 1. The SMILES string of the molecule is Cc1[nH]n(C)c(=O)c1-c1ccc(F)nc1. The summed E-state index contributed by atoms with van der Waals surface area (Å²) in [6.07, 6.45) is 1.35. The number of aromatic nitrogens is 3. The summed E-state index contributed by atoms with van der Waals surface area (Å²) >= 11 is 0. The van der Waals surface area contributed by atoms with Crippen molar-refractivity contribution < 1.29 is 4.39 Å². The smallest absolute Gasteiger partial charge is 0.274 e. The summed E-state index contributed by atoms with van der Waals surface area (Å²) in [4.78, 5) is 15.2. The lowest BCUT2D eigenvalue weighted by atomic mass is 10.1. The lowest BCUT2D eigenvalue weighted by Gasteiger charge is -1.96. The second-order valence-electron chi connectivity index (χ2n) is 3.35. The third kappa shape index (κ3) is 1.56. The van der Waals surface area contributed by atoms with E-state index in [2.05, 4.69) is 10.1 Å². The van der Waals surface area contributed by atoms with Crippen molar-refractivity contribution in [3.63, 3.8) is 0 Å². The van der Waals surface area contributed by atoms with E-state index in [0.717, 1.165) is 5.69 Å². The fourth-order valence-corrected chi connectivity index (χ4v) is 1.55. The minimum atomic E-state index is -0.552. The van der Waals surface area contributed by atoms with Crippen molar-refractivity contribution in [2.75, 3.05) is 0 Å². The molecule has 0 aromatic carbocycles. The van der Waals surface area contributed by atoms with E-state index in [9.17, 15) is 9.18 Å². The fraction of sp³-hybridized carbons (Fsp3) is 0.200. The van der Waals surface area contributed by atoms with Gasteiger partial charge in [-0.25, -0.2) is 4.98 Å². The summed E-state index contributed by atoms with van der Waals surface area (Å²) in [6.45, 7) is 1.79. The first-order chi connectivity index (χ1) is 7.09. The van der Waals surface area contributed by atoms with Crippen LogP contribution in [0.25, 0.3) is 11.1 Å². The van der Waals surface area contributed by atoms with E-state index in [-0.39, 0.29) is 5.56 Å². The third-order valence-corrected chi connectivity index (χ3v) is 2.24. The number of halogens is 1. The molecule has 15 heavy (non-hydrogen) atoms. The quantitative estimate of drug-likeness (QED) is 0.715. The Bertz CT molecular complexity index is 539. The molecule has 2 aromatic heterocycles. The van der Waals surface area contributed by atoms with Crippen molar-refractivity contribution in [3.05, 3.63) is 40.3 Å². The highest BCUT2D eigenvalue weighted by Gasteiger charge is 2.11. The first-order valence-corrected chi connectivity index (χ1v) is 4.47. The van der Waals surface area contributed by atoms with Gasteiger partial charge in [-0.15, -0.1) is 0 Å². The van der Waals surface area contributed by atoms with Gasteiger partial charge in [0.2, 0.25) is 5.95 Å². The van der Waals surface area contributed by atoms with Crippen LogP contribution in [0.2, 0.25) is 0 Å². The molecule has 0 amide bonds. The van der Waals surface area contributed by atoms with Crippen LogP contribution in [0.15, 0.2) is 23.1 Å². The molecule has 1 N–H and O–H groups in total. The fourth-order valence-electron chi connectivity index (χ4n) is 1.55. The van der Waals surface area contributed by atoms with Gasteiger partial charge in [0.1, 0.15) is 0 Å². The first kappa shape index (κ1) is 9.64. The van der Waals surface area contributed by atoms with Crippen LogP contribution in [0.5, 0.6) is 0 Å². The van der Waals surface area contributed by atoms with Gasteiger partial charge in [-0.05, 0) is 19.1 Å². The van der Waals surface area contributed by atoms with Gasteiger partial charge in [-0.1, -0.05) is 0 Å². The maximum atomic E-state index is 12.6. The molecule has 0 aliphatic rings. The molecule has 2 rings (SSSR count). The number of H-pyrrole nitrogens is 1. The third-order valence-electron chi connectivity index (χ3n) is 2.24. The molecule has 0 saturated carbocycles. The zero-order chi connectivity index (χ0) is 11.0. The standard InChI is InChI=1S/C10H10FN3O/c1-6-9(10(15)14(2)13-6)7-3-4-8(11)12-5-7/h3-5,13H,1-2H3. The number of hydrogen-bond acceptors (Lipinski definition) is 2. The van der Waals surface area contributed by atoms with E-state index in [4.69, 9.17) is 0 Å². The van der Waals surface area contributed by atoms with Crippen LogP contribution < -0.4 is 5.56 Å². The van der Waals surface area contributed by atoms with Crippen molar-refractivity contribution in [2.45, 2.75) is 6.92 Å². The number of aryl methyl sites for hydroxylation is 2. The molecule has 0 saturated heterocycles. The molecule has 5 heteroatoms. The average molecular weight is 207 g/mol. The van der Waals surface area contributed by atoms with Crippen LogP contribution in [0.1, 0.15) is 5.69 Å². The zero-order valence-corrected chi connectivity index (χ0v) is 8.41. The Morgan fingerprint density at radius 2 is 2.20 bits per heavy atom. The predicted molar refractivity (Wildman–Crippen MR) is 54.0 cm³/mol. The minimum absolute atomic E-state index is 0.138. The summed E-state index contributed by atoms with van der Waals surface area (Å²) in [5.74, 6) is -0.552. The van der Waals surface area contributed by atoms with Crippen molar-refractivity contribution in [3.8, 4) is 11.1 Å². The number of hydrogen-bond donors (Lipinski definition) is 1. The second kappa shape index (κ2) is 3.34. The largest absolute Gasteiger partial charge is 0.300 e. The number of nitrogens with zero attached hydrogens (tertiary/aromatic N) is 2.